The molecule has 0 unspecified atom stereocenters. The second kappa shape index (κ2) is 2.46. The van der Waals surface area contributed by atoms with Gasteiger partial charge in [-0.2, -0.15) is 0 Å². The van der Waals surface area contributed by atoms with Crippen LogP contribution in [-0.2, 0) is 9.47 Å². The zero-order valence-electron chi connectivity index (χ0n) is 8.10. The molecule has 1 saturated heterocycles. The number of hydrogen-bond acceptors (Lipinski definition) is 2. The first-order chi connectivity index (χ1) is 4.85. The normalized spacial score (nSPS) is 39.5. The molecular weight excluding hydrogens is 140 g/mol. The molecular formula is C9H18O2. The van der Waals surface area contributed by atoms with Gasteiger partial charge in [-0.05, 0) is 13.8 Å². The monoisotopic (exact) mass is 158 g/mol. The van der Waals surface area contributed by atoms with Gasteiger partial charge < -0.3 is 9.47 Å². The van der Waals surface area contributed by atoms with Crippen LogP contribution in [0.3, 0.4) is 0 Å². The fraction of sp³-hybridized carbons (Fsp3) is 1.00. The van der Waals surface area contributed by atoms with E-state index in [0.29, 0.717) is 6.61 Å². The van der Waals surface area contributed by atoms with Crippen molar-refractivity contribution in [3.8, 4) is 0 Å². The Kier molecular flexibility index (Phi) is 2.01. The van der Waals surface area contributed by atoms with E-state index in [4.69, 9.17) is 9.47 Å². The van der Waals surface area contributed by atoms with Gasteiger partial charge in [-0.3, -0.25) is 0 Å². The van der Waals surface area contributed by atoms with Crippen molar-refractivity contribution in [2.24, 2.45) is 5.41 Å². The summed E-state index contributed by atoms with van der Waals surface area (Å²) in [4.78, 5) is 0. The van der Waals surface area contributed by atoms with Crippen LogP contribution in [0.5, 0.6) is 0 Å². The topological polar surface area (TPSA) is 18.5 Å². The SMILES string of the molecule is C[C@H]1CO[C@@](C)(C(C)(C)C)O1. The third-order valence-electron chi connectivity index (χ3n) is 2.38. The predicted octanol–water partition coefficient (Wildman–Crippen LogP) is 2.18. The van der Waals surface area contributed by atoms with Crippen molar-refractivity contribution in [1.82, 2.24) is 0 Å². The van der Waals surface area contributed by atoms with Crippen molar-refractivity contribution < 1.29 is 9.47 Å². The van der Waals surface area contributed by atoms with Crippen LogP contribution in [0.4, 0.5) is 0 Å². The van der Waals surface area contributed by atoms with E-state index in [9.17, 15) is 0 Å². The fourth-order valence-electron chi connectivity index (χ4n) is 1.12. The zero-order valence-corrected chi connectivity index (χ0v) is 8.10. The Bertz CT molecular complexity index is 148. The quantitative estimate of drug-likeness (QED) is 0.538. The lowest BCUT2D eigenvalue weighted by Gasteiger charge is -2.36. The minimum Gasteiger partial charge on any atom is -0.347 e. The maximum atomic E-state index is 5.69. The summed E-state index contributed by atoms with van der Waals surface area (Å²) in [6.45, 7) is 11.2. The van der Waals surface area contributed by atoms with Gasteiger partial charge in [0.1, 0.15) is 0 Å². The van der Waals surface area contributed by atoms with Crippen LogP contribution in [0.1, 0.15) is 34.6 Å². The highest BCUT2D eigenvalue weighted by molar-refractivity contribution is 4.84. The van der Waals surface area contributed by atoms with Crippen LogP contribution in [-0.4, -0.2) is 18.5 Å². The van der Waals surface area contributed by atoms with Crippen molar-refractivity contribution in [3.05, 3.63) is 0 Å². The molecule has 0 saturated carbocycles. The van der Waals surface area contributed by atoms with Gasteiger partial charge in [-0.25, -0.2) is 0 Å². The molecule has 2 heteroatoms. The van der Waals surface area contributed by atoms with E-state index in [1.54, 1.807) is 0 Å². The van der Waals surface area contributed by atoms with Gasteiger partial charge in [0.15, 0.2) is 5.79 Å². The molecule has 0 amide bonds. The Morgan fingerprint density at radius 2 is 1.91 bits per heavy atom. The number of rotatable bonds is 0. The third kappa shape index (κ3) is 1.57. The molecule has 11 heavy (non-hydrogen) atoms. The van der Waals surface area contributed by atoms with Crippen LogP contribution in [0.25, 0.3) is 0 Å². The molecule has 0 aromatic heterocycles. The van der Waals surface area contributed by atoms with Gasteiger partial charge in [-0.1, -0.05) is 20.8 Å². The van der Waals surface area contributed by atoms with Gasteiger partial charge in [0.2, 0.25) is 0 Å². The zero-order chi connectivity index (χ0) is 8.70. The van der Waals surface area contributed by atoms with Gasteiger partial charge >= 0.3 is 0 Å². The molecule has 1 fully saturated rings. The number of ether oxygens (including phenoxy) is 2. The summed E-state index contributed by atoms with van der Waals surface area (Å²) in [7, 11) is 0. The highest BCUT2D eigenvalue weighted by Crippen LogP contribution is 2.39. The fourth-order valence-corrected chi connectivity index (χ4v) is 1.12. The molecule has 0 bridgehead atoms. The lowest BCUT2D eigenvalue weighted by atomic mass is 9.87. The molecule has 0 aliphatic carbocycles. The molecule has 66 valence electrons. The summed E-state index contributed by atoms with van der Waals surface area (Å²) in [5.41, 5.74) is 0.0533. The summed E-state index contributed by atoms with van der Waals surface area (Å²) in [5.74, 6) is -0.396. The van der Waals surface area contributed by atoms with Crippen LogP contribution in [0, 0.1) is 5.41 Å². The lowest BCUT2D eigenvalue weighted by Crippen LogP contribution is -2.41. The van der Waals surface area contributed by atoms with E-state index < -0.39 is 5.79 Å². The minimum atomic E-state index is -0.396. The van der Waals surface area contributed by atoms with Crippen LogP contribution >= 0.6 is 0 Å². The summed E-state index contributed by atoms with van der Waals surface area (Å²) in [5, 5.41) is 0. The van der Waals surface area contributed by atoms with Crippen molar-refractivity contribution in [3.63, 3.8) is 0 Å². The highest BCUT2D eigenvalue weighted by Gasteiger charge is 2.45. The maximum Gasteiger partial charge on any atom is 0.170 e. The summed E-state index contributed by atoms with van der Waals surface area (Å²) in [6, 6.07) is 0. The Labute approximate surface area is 68.9 Å². The largest absolute Gasteiger partial charge is 0.347 e. The lowest BCUT2D eigenvalue weighted by molar-refractivity contribution is -0.216. The molecule has 1 heterocycles. The Balaban J connectivity index is 2.69. The summed E-state index contributed by atoms with van der Waals surface area (Å²) < 4.78 is 11.3. The molecule has 1 rings (SSSR count). The smallest absolute Gasteiger partial charge is 0.170 e. The highest BCUT2D eigenvalue weighted by atomic mass is 16.7. The molecule has 0 aromatic rings. The van der Waals surface area contributed by atoms with Crippen LogP contribution < -0.4 is 0 Å². The van der Waals surface area contributed by atoms with Crippen molar-refractivity contribution >= 4 is 0 Å². The molecule has 0 radical (unpaired) electrons. The van der Waals surface area contributed by atoms with Crippen molar-refractivity contribution in [2.45, 2.75) is 46.5 Å². The third-order valence-corrected chi connectivity index (χ3v) is 2.38. The Hall–Kier alpha value is -0.0800. The van der Waals surface area contributed by atoms with E-state index in [1.807, 2.05) is 13.8 Å². The first kappa shape index (κ1) is 9.01. The average molecular weight is 158 g/mol. The Morgan fingerprint density at radius 3 is 2.09 bits per heavy atom. The average Bonchev–Trinajstić information content (AvgIpc) is 2.10. The first-order valence-electron chi connectivity index (χ1n) is 4.17. The molecule has 0 spiro atoms. The summed E-state index contributed by atoms with van der Waals surface area (Å²) in [6.07, 6.45) is 0.235. The van der Waals surface area contributed by atoms with Gasteiger partial charge in [0, 0.05) is 5.41 Å². The Morgan fingerprint density at radius 1 is 1.36 bits per heavy atom. The van der Waals surface area contributed by atoms with Gasteiger partial charge in [-0.15, -0.1) is 0 Å². The number of hydrogen-bond donors (Lipinski definition) is 0. The van der Waals surface area contributed by atoms with E-state index >= 15 is 0 Å². The van der Waals surface area contributed by atoms with Crippen molar-refractivity contribution in [2.75, 3.05) is 6.61 Å². The van der Waals surface area contributed by atoms with Gasteiger partial charge in [0.05, 0.1) is 12.7 Å². The minimum absolute atomic E-state index is 0.0533. The molecule has 1 aliphatic heterocycles. The van der Waals surface area contributed by atoms with E-state index in [-0.39, 0.29) is 11.5 Å². The van der Waals surface area contributed by atoms with Crippen LogP contribution in [0.2, 0.25) is 0 Å². The molecule has 2 atom stereocenters. The molecule has 0 N–H and O–H groups in total. The van der Waals surface area contributed by atoms with E-state index in [0.717, 1.165) is 0 Å². The summed E-state index contributed by atoms with van der Waals surface area (Å²) >= 11 is 0. The van der Waals surface area contributed by atoms with E-state index in [1.165, 1.54) is 0 Å². The first-order valence-corrected chi connectivity index (χ1v) is 4.17. The molecule has 0 aromatic carbocycles. The predicted molar refractivity (Wildman–Crippen MR) is 44.4 cm³/mol. The van der Waals surface area contributed by atoms with Crippen LogP contribution in [0.15, 0.2) is 0 Å². The standard InChI is InChI=1S/C9H18O2/c1-7-6-10-9(5,11-7)8(2,3)4/h7H,6H2,1-5H3/t7-,9+/m0/s1. The second-order valence-corrected chi connectivity index (χ2v) is 4.44. The molecule has 1 aliphatic rings. The second-order valence-electron chi connectivity index (χ2n) is 4.44. The van der Waals surface area contributed by atoms with E-state index in [2.05, 4.69) is 20.8 Å². The maximum absolute atomic E-state index is 5.69. The van der Waals surface area contributed by atoms with Gasteiger partial charge in [0.25, 0.3) is 0 Å². The van der Waals surface area contributed by atoms with Crippen molar-refractivity contribution in [1.29, 1.82) is 0 Å². The molecule has 2 nitrogen and oxygen atoms in total.